The van der Waals surface area contributed by atoms with E-state index in [1.807, 2.05) is 0 Å². The first-order valence-electron chi connectivity index (χ1n) is 6.14. The third-order valence-corrected chi connectivity index (χ3v) is 3.78. The second-order valence-electron chi connectivity index (χ2n) is 5.24. The molecule has 0 aliphatic heterocycles. The first-order valence-corrected chi connectivity index (χ1v) is 6.14. The van der Waals surface area contributed by atoms with Gasteiger partial charge in [0.15, 0.2) is 0 Å². The number of hydrogen-bond donors (Lipinski definition) is 0. The summed E-state index contributed by atoms with van der Waals surface area (Å²) in [5.74, 6) is 2.62. The minimum atomic E-state index is 0.773. The molecule has 0 radical (unpaired) electrons. The minimum Gasteiger partial charge on any atom is -0.0837 e. The van der Waals surface area contributed by atoms with Crippen molar-refractivity contribution in [3.8, 4) is 0 Å². The standard InChI is InChI=1S/C14H22/c1-11-6-8-13(9-7-11)14-5-3-4-12(2)10-14/h3,5,10-13H,4,6-9H2,1-2H3. The van der Waals surface area contributed by atoms with Crippen LogP contribution >= 0.6 is 0 Å². The smallest absolute Gasteiger partial charge is 0.0165 e. The van der Waals surface area contributed by atoms with Gasteiger partial charge in [0.1, 0.15) is 0 Å². The van der Waals surface area contributed by atoms with Crippen molar-refractivity contribution >= 4 is 0 Å². The van der Waals surface area contributed by atoms with Gasteiger partial charge < -0.3 is 0 Å². The summed E-state index contributed by atoms with van der Waals surface area (Å²) in [6.07, 6.45) is 14.2. The van der Waals surface area contributed by atoms with Crippen LogP contribution in [0.2, 0.25) is 0 Å². The third-order valence-electron chi connectivity index (χ3n) is 3.78. The van der Waals surface area contributed by atoms with Crippen molar-refractivity contribution in [1.82, 2.24) is 0 Å². The monoisotopic (exact) mass is 190 g/mol. The van der Waals surface area contributed by atoms with Crippen LogP contribution in [-0.2, 0) is 0 Å². The van der Waals surface area contributed by atoms with Crippen molar-refractivity contribution in [2.24, 2.45) is 17.8 Å². The first-order chi connectivity index (χ1) is 6.75. The van der Waals surface area contributed by atoms with Crippen LogP contribution in [0.15, 0.2) is 23.8 Å². The summed E-state index contributed by atoms with van der Waals surface area (Å²) in [6, 6.07) is 0. The molecule has 2 aliphatic carbocycles. The number of allylic oxidation sites excluding steroid dienone is 4. The van der Waals surface area contributed by atoms with Crippen LogP contribution in [0.3, 0.4) is 0 Å². The average Bonchev–Trinajstić information content (AvgIpc) is 2.19. The van der Waals surface area contributed by atoms with E-state index in [1.165, 1.54) is 32.1 Å². The molecule has 0 heterocycles. The van der Waals surface area contributed by atoms with Gasteiger partial charge in [0.2, 0.25) is 0 Å². The van der Waals surface area contributed by atoms with Crippen molar-refractivity contribution in [2.45, 2.75) is 46.0 Å². The van der Waals surface area contributed by atoms with Crippen LogP contribution in [0.4, 0.5) is 0 Å². The maximum Gasteiger partial charge on any atom is -0.0165 e. The Kier molecular flexibility index (Phi) is 3.10. The third kappa shape index (κ3) is 2.29. The molecule has 0 spiro atoms. The summed E-state index contributed by atoms with van der Waals surface area (Å²) in [7, 11) is 0. The fourth-order valence-electron chi connectivity index (χ4n) is 2.74. The molecule has 0 bridgehead atoms. The van der Waals surface area contributed by atoms with Crippen molar-refractivity contribution in [2.75, 3.05) is 0 Å². The van der Waals surface area contributed by atoms with Crippen molar-refractivity contribution in [3.63, 3.8) is 0 Å². The van der Waals surface area contributed by atoms with Gasteiger partial charge in [0.25, 0.3) is 0 Å². The first kappa shape index (κ1) is 10.0. The Balaban J connectivity index is 1.98. The van der Waals surface area contributed by atoms with Crippen LogP contribution in [0, 0.1) is 17.8 Å². The zero-order chi connectivity index (χ0) is 9.97. The van der Waals surface area contributed by atoms with E-state index in [2.05, 4.69) is 32.1 Å². The quantitative estimate of drug-likeness (QED) is 0.577. The van der Waals surface area contributed by atoms with E-state index in [1.54, 1.807) is 5.57 Å². The Morgan fingerprint density at radius 3 is 2.43 bits per heavy atom. The van der Waals surface area contributed by atoms with Crippen molar-refractivity contribution in [3.05, 3.63) is 23.8 Å². The molecular weight excluding hydrogens is 168 g/mol. The maximum absolute atomic E-state index is 2.50. The summed E-state index contributed by atoms with van der Waals surface area (Å²) in [4.78, 5) is 0. The van der Waals surface area contributed by atoms with Gasteiger partial charge in [0.05, 0.1) is 0 Å². The largest absolute Gasteiger partial charge is 0.0837 e. The Hall–Kier alpha value is -0.520. The number of rotatable bonds is 1. The Bertz CT molecular complexity index is 239. The van der Waals surface area contributed by atoms with Gasteiger partial charge in [-0.15, -0.1) is 0 Å². The predicted molar refractivity (Wildman–Crippen MR) is 62.1 cm³/mol. The zero-order valence-corrected chi connectivity index (χ0v) is 9.50. The molecule has 0 N–H and O–H groups in total. The van der Waals surface area contributed by atoms with Gasteiger partial charge in [-0.1, -0.05) is 44.9 Å². The normalized spacial score (nSPS) is 38.1. The van der Waals surface area contributed by atoms with Gasteiger partial charge in [-0.2, -0.15) is 0 Å². The highest BCUT2D eigenvalue weighted by Crippen LogP contribution is 2.35. The molecule has 0 amide bonds. The van der Waals surface area contributed by atoms with E-state index in [0.717, 1.165) is 17.8 Å². The molecule has 1 saturated carbocycles. The molecule has 14 heavy (non-hydrogen) atoms. The molecule has 0 heteroatoms. The second kappa shape index (κ2) is 4.33. The minimum absolute atomic E-state index is 0.773. The van der Waals surface area contributed by atoms with Gasteiger partial charge >= 0.3 is 0 Å². The topological polar surface area (TPSA) is 0 Å². The summed E-state index contributed by atoms with van der Waals surface area (Å²) in [6.45, 7) is 4.72. The lowest BCUT2D eigenvalue weighted by Gasteiger charge is -2.28. The lowest BCUT2D eigenvalue weighted by molar-refractivity contribution is 0.322. The molecule has 78 valence electrons. The summed E-state index contributed by atoms with van der Waals surface area (Å²) < 4.78 is 0. The average molecular weight is 190 g/mol. The van der Waals surface area contributed by atoms with Crippen LogP contribution in [0.1, 0.15) is 46.0 Å². The highest BCUT2D eigenvalue weighted by atomic mass is 14.3. The molecular formula is C14H22. The fourth-order valence-corrected chi connectivity index (χ4v) is 2.74. The molecule has 0 nitrogen and oxygen atoms in total. The van der Waals surface area contributed by atoms with E-state index < -0.39 is 0 Å². The molecule has 1 fully saturated rings. The van der Waals surface area contributed by atoms with E-state index in [0.29, 0.717) is 0 Å². The van der Waals surface area contributed by atoms with Gasteiger partial charge in [-0.3, -0.25) is 0 Å². The van der Waals surface area contributed by atoms with Crippen molar-refractivity contribution in [1.29, 1.82) is 0 Å². The molecule has 2 rings (SSSR count). The fraction of sp³-hybridized carbons (Fsp3) is 0.714. The second-order valence-corrected chi connectivity index (χ2v) is 5.24. The Morgan fingerprint density at radius 2 is 1.79 bits per heavy atom. The summed E-state index contributed by atoms with van der Waals surface area (Å²) in [5.41, 5.74) is 1.63. The Labute approximate surface area is 88.1 Å². The highest BCUT2D eigenvalue weighted by Gasteiger charge is 2.21. The highest BCUT2D eigenvalue weighted by molar-refractivity contribution is 5.26. The molecule has 0 aromatic heterocycles. The van der Waals surface area contributed by atoms with E-state index in [4.69, 9.17) is 0 Å². The Morgan fingerprint density at radius 1 is 1.07 bits per heavy atom. The van der Waals surface area contributed by atoms with Gasteiger partial charge in [-0.25, -0.2) is 0 Å². The van der Waals surface area contributed by atoms with Gasteiger partial charge in [0, 0.05) is 0 Å². The molecule has 0 aromatic carbocycles. The lowest BCUT2D eigenvalue weighted by atomic mass is 9.77. The van der Waals surface area contributed by atoms with E-state index in [-0.39, 0.29) is 0 Å². The van der Waals surface area contributed by atoms with Crippen LogP contribution in [-0.4, -0.2) is 0 Å². The zero-order valence-electron chi connectivity index (χ0n) is 9.50. The number of hydrogen-bond acceptors (Lipinski definition) is 0. The van der Waals surface area contributed by atoms with E-state index >= 15 is 0 Å². The maximum atomic E-state index is 2.50. The molecule has 1 unspecified atom stereocenters. The molecule has 2 aliphatic rings. The van der Waals surface area contributed by atoms with Gasteiger partial charge in [-0.05, 0) is 42.6 Å². The van der Waals surface area contributed by atoms with Crippen LogP contribution in [0.5, 0.6) is 0 Å². The van der Waals surface area contributed by atoms with Crippen LogP contribution in [0.25, 0.3) is 0 Å². The SMILES string of the molecule is CC1C=C(C2CCC(C)CC2)C=CC1. The van der Waals surface area contributed by atoms with Crippen molar-refractivity contribution < 1.29 is 0 Å². The summed E-state index contributed by atoms with van der Waals surface area (Å²) >= 11 is 0. The molecule has 0 aromatic rings. The molecule has 0 saturated heterocycles. The lowest BCUT2D eigenvalue weighted by Crippen LogP contribution is -2.15. The molecule has 1 atom stereocenters. The van der Waals surface area contributed by atoms with Crippen LogP contribution < -0.4 is 0 Å². The predicted octanol–water partition coefficient (Wildman–Crippen LogP) is 4.34. The van der Waals surface area contributed by atoms with E-state index in [9.17, 15) is 0 Å². The summed E-state index contributed by atoms with van der Waals surface area (Å²) in [5, 5.41) is 0.